The van der Waals surface area contributed by atoms with Crippen molar-refractivity contribution in [3.63, 3.8) is 0 Å². The van der Waals surface area contributed by atoms with E-state index in [1.54, 1.807) is 0 Å². The lowest BCUT2D eigenvalue weighted by Gasteiger charge is -2.37. The number of nitrogens with one attached hydrogen (secondary N) is 1. The Morgan fingerprint density at radius 2 is 2.11 bits per heavy atom. The molecule has 1 heterocycles. The number of hydrogen-bond donors (Lipinski definition) is 1. The van der Waals surface area contributed by atoms with Crippen molar-refractivity contribution in [2.75, 3.05) is 13.1 Å². The minimum Gasteiger partial charge on any atom is -0.333 e. The normalized spacial score (nSPS) is 23.4. The van der Waals surface area contributed by atoms with Gasteiger partial charge in [0.15, 0.2) is 0 Å². The molecule has 0 spiro atoms. The van der Waals surface area contributed by atoms with Crippen LogP contribution in [0, 0.1) is 6.92 Å². The lowest BCUT2D eigenvalue weighted by atomic mass is 10.1. The Kier molecular flexibility index (Phi) is 5.17. The molecule has 100 valence electrons. The minimum absolute atomic E-state index is 0. The number of hydrogen-bond acceptors (Lipinski definition) is 2. The number of nitrogens with zero attached hydrogens (tertiary/aromatic N) is 1. The zero-order valence-electron chi connectivity index (χ0n) is 11.1. The first-order chi connectivity index (χ1) is 8.08. The number of amides is 1. The topological polar surface area (TPSA) is 32.3 Å². The van der Waals surface area contributed by atoms with E-state index in [-0.39, 0.29) is 24.4 Å². The third-order valence-corrected chi connectivity index (χ3v) is 3.29. The smallest absolute Gasteiger partial charge is 0.254 e. The first-order valence-electron chi connectivity index (χ1n) is 6.19. The maximum absolute atomic E-state index is 12.4. The van der Waals surface area contributed by atoms with Gasteiger partial charge in [0, 0.05) is 30.7 Å². The minimum atomic E-state index is 0. The van der Waals surface area contributed by atoms with Crippen LogP contribution in [0.5, 0.6) is 0 Å². The summed E-state index contributed by atoms with van der Waals surface area (Å²) in [5.74, 6) is 0.148. The van der Waals surface area contributed by atoms with E-state index in [0.29, 0.717) is 6.04 Å². The molecule has 1 saturated heterocycles. The van der Waals surface area contributed by atoms with Crippen LogP contribution in [0.4, 0.5) is 0 Å². The first-order valence-corrected chi connectivity index (χ1v) is 6.19. The number of aryl methyl sites for hydroxylation is 1. The molecular weight excluding hydrogens is 248 g/mol. The Balaban J connectivity index is 0.00000162. The van der Waals surface area contributed by atoms with Crippen LogP contribution in [0.15, 0.2) is 24.3 Å². The molecule has 3 nitrogen and oxygen atoms in total. The average Bonchev–Trinajstić information content (AvgIpc) is 2.31. The number of halogens is 1. The zero-order valence-corrected chi connectivity index (χ0v) is 12.0. The van der Waals surface area contributed by atoms with Crippen LogP contribution in [0.25, 0.3) is 0 Å². The SMILES string of the molecule is Cc1cccc(C(=O)N2CC(C)NCC2C)c1.Cl. The van der Waals surface area contributed by atoms with E-state index in [2.05, 4.69) is 19.2 Å². The van der Waals surface area contributed by atoms with E-state index in [1.807, 2.05) is 36.1 Å². The van der Waals surface area contributed by atoms with Crippen molar-refractivity contribution in [2.45, 2.75) is 32.9 Å². The van der Waals surface area contributed by atoms with Gasteiger partial charge in [-0.3, -0.25) is 4.79 Å². The van der Waals surface area contributed by atoms with Crippen LogP contribution in [-0.2, 0) is 0 Å². The summed E-state index contributed by atoms with van der Waals surface area (Å²) in [6.07, 6.45) is 0. The van der Waals surface area contributed by atoms with Gasteiger partial charge in [-0.05, 0) is 32.9 Å². The monoisotopic (exact) mass is 268 g/mol. The van der Waals surface area contributed by atoms with Gasteiger partial charge in [-0.1, -0.05) is 17.7 Å². The van der Waals surface area contributed by atoms with Crippen molar-refractivity contribution in [1.82, 2.24) is 10.2 Å². The standard InChI is InChI=1S/C14H20N2O.ClH/c1-10-5-4-6-13(7-10)14(17)16-9-11(2)15-8-12(16)3;/h4-7,11-12,15H,8-9H2,1-3H3;1H. The molecule has 1 fully saturated rings. The molecule has 1 amide bonds. The van der Waals surface area contributed by atoms with Crippen molar-refractivity contribution in [3.8, 4) is 0 Å². The van der Waals surface area contributed by atoms with Gasteiger partial charge < -0.3 is 10.2 Å². The zero-order chi connectivity index (χ0) is 12.4. The molecule has 4 heteroatoms. The van der Waals surface area contributed by atoms with Gasteiger partial charge in [0.25, 0.3) is 5.91 Å². The number of benzene rings is 1. The van der Waals surface area contributed by atoms with Crippen molar-refractivity contribution in [3.05, 3.63) is 35.4 Å². The van der Waals surface area contributed by atoms with Crippen LogP contribution >= 0.6 is 12.4 Å². The maximum Gasteiger partial charge on any atom is 0.254 e. The van der Waals surface area contributed by atoms with E-state index < -0.39 is 0 Å². The number of rotatable bonds is 1. The molecule has 1 aliphatic rings. The highest BCUT2D eigenvalue weighted by molar-refractivity contribution is 5.94. The largest absolute Gasteiger partial charge is 0.333 e. The van der Waals surface area contributed by atoms with Gasteiger partial charge >= 0.3 is 0 Å². The van der Waals surface area contributed by atoms with Crippen LogP contribution in [0.1, 0.15) is 29.8 Å². The van der Waals surface area contributed by atoms with Gasteiger partial charge in [0.05, 0.1) is 0 Å². The Labute approximate surface area is 115 Å². The highest BCUT2D eigenvalue weighted by Crippen LogP contribution is 2.13. The predicted octanol–water partition coefficient (Wildman–Crippen LogP) is 2.24. The summed E-state index contributed by atoms with van der Waals surface area (Å²) < 4.78 is 0. The van der Waals surface area contributed by atoms with Crippen LogP contribution in [0.2, 0.25) is 0 Å². The summed E-state index contributed by atoms with van der Waals surface area (Å²) in [4.78, 5) is 14.4. The molecule has 2 rings (SSSR count). The fraction of sp³-hybridized carbons (Fsp3) is 0.500. The Hall–Kier alpha value is -1.06. The Morgan fingerprint density at radius 1 is 1.39 bits per heavy atom. The van der Waals surface area contributed by atoms with E-state index in [0.717, 1.165) is 24.2 Å². The van der Waals surface area contributed by atoms with Gasteiger partial charge in [0.1, 0.15) is 0 Å². The maximum atomic E-state index is 12.4. The molecule has 2 unspecified atom stereocenters. The van der Waals surface area contributed by atoms with Crippen molar-refractivity contribution in [1.29, 1.82) is 0 Å². The summed E-state index contributed by atoms with van der Waals surface area (Å²) in [6, 6.07) is 8.45. The quantitative estimate of drug-likeness (QED) is 0.847. The lowest BCUT2D eigenvalue weighted by molar-refractivity contribution is 0.0616. The third-order valence-electron chi connectivity index (χ3n) is 3.29. The summed E-state index contributed by atoms with van der Waals surface area (Å²) in [5, 5.41) is 3.39. The fourth-order valence-electron chi connectivity index (χ4n) is 2.25. The summed E-state index contributed by atoms with van der Waals surface area (Å²) in [7, 11) is 0. The predicted molar refractivity (Wildman–Crippen MR) is 76.4 cm³/mol. The second-order valence-electron chi connectivity index (χ2n) is 4.99. The second kappa shape index (κ2) is 6.21. The molecule has 0 saturated carbocycles. The third kappa shape index (κ3) is 3.24. The highest BCUT2D eigenvalue weighted by Gasteiger charge is 2.27. The molecule has 0 radical (unpaired) electrons. The molecule has 18 heavy (non-hydrogen) atoms. The second-order valence-corrected chi connectivity index (χ2v) is 4.99. The Bertz CT molecular complexity index is 422. The van der Waals surface area contributed by atoms with E-state index in [9.17, 15) is 4.79 Å². The molecule has 0 aliphatic carbocycles. The van der Waals surface area contributed by atoms with Gasteiger partial charge in [-0.2, -0.15) is 0 Å². The molecule has 1 aromatic rings. The van der Waals surface area contributed by atoms with Crippen molar-refractivity contribution >= 4 is 18.3 Å². The first kappa shape index (κ1) is 15.0. The highest BCUT2D eigenvalue weighted by atomic mass is 35.5. The molecule has 2 atom stereocenters. The molecule has 1 aliphatic heterocycles. The van der Waals surface area contributed by atoms with E-state index in [4.69, 9.17) is 0 Å². The van der Waals surface area contributed by atoms with Gasteiger partial charge in [-0.15, -0.1) is 12.4 Å². The summed E-state index contributed by atoms with van der Waals surface area (Å²) >= 11 is 0. The molecule has 0 bridgehead atoms. The number of carbonyl (C=O) groups is 1. The fourth-order valence-corrected chi connectivity index (χ4v) is 2.25. The van der Waals surface area contributed by atoms with Gasteiger partial charge in [0.2, 0.25) is 0 Å². The van der Waals surface area contributed by atoms with E-state index >= 15 is 0 Å². The molecule has 1 N–H and O–H groups in total. The molecule has 0 aromatic heterocycles. The summed E-state index contributed by atoms with van der Waals surface area (Å²) in [5.41, 5.74) is 1.93. The molecular formula is C14H21ClN2O. The van der Waals surface area contributed by atoms with Crippen LogP contribution < -0.4 is 5.32 Å². The average molecular weight is 269 g/mol. The number of carbonyl (C=O) groups excluding carboxylic acids is 1. The number of piperazine rings is 1. The van der Waals surface area contributed by atoms with E-state index in [1.165, 1.54) is 0 Å². The van der Waals surface area contributed by atoms with Crippen molar-refractivity contribution < 1.29 is 4.79 Å². The van der Waals surface area contributed by atoms with Gasteiger partial charge in [-0.25, -0.2) is 0 Å². The van der Waals surface area contributed by atoms with Crippen LogP contribution in [0.3, 0.4) is 0 Å². The molecule has 1 aromatic carbocycles. The van der Waals surface area contributed by atoms with Crippen molar-refractivity contribution in [2.24, 2.45) is 0 Å². The van der Waals surface area contributed by atoms with Crippen LogP contribution in [-0.4, -0.2) is 36.0 Å². The lowest BCUT2D eigenvalue weighted by Crippen LogP contribution is -2.56. The summed E-state index contributed by atoms with van der Waals surface area (Å²) in [6.45, 7) is 7.88. The Morgan fingerprint density at radius 3 is 2.78 bits per heavy atom.